The zero-order valence-corrected chi connectivity index (χ0v) is 12.5. The Morgan fingerprint density at radius 3 is 2.71 bits per heavy atom. The van der Waals surface area contributed by atoms with Crippen LogP contribution in [0.3, 0.4) is 0 Å². The molecule has 0 spiro atoms. The Kier molecular flexibility index (Phi) is 3.48. The van der Waals surface area contributed by atoms with Crippen molar-refractivity contribution in [1.29, 1.82) is 0 Å². The zero-order chi connectivity index (χ0) is 15.0. The van der Waals surface area contributed by atoms with Gasteiger partial charge in [-0.05, 0) is 36.8 Å². The maximum atomic E-state index is 12.3. The van der Waals surface area contributed by atoms with Crippen molar-refractivity contribution in [2.75, 3.05) is 5.32 Å². The van der Waals surface area contributed by atoms with Crippen LogP contribution in [0.4, 0.5) is 5.69 Å². The fourth-order valence-electron chi connectivity index (χ4n) is 1.97. The van der Waals surface area contributed by atoms with Crippen LogP contribution in [0.15, 0.2) is 35.4 Å². The quantitative estimate of drug-likeness (QED) is 0.761. The summed E-state index contributed by atoms with van der Waals surface area (Å²) in [5.41, 5.74) is 1.67. The number of anilines is 1. The summed E-state index contributed by atoms with van der Waals surface area (Å²) in [5.74, 6) is -0.266. The predicted molar refractivity (Wildman–Crippen MR) is 84.4 cm³/mol. The van der Waals surface area contributed by atoms with Crippen molar-refractivity contribution in [3.8, 4) is 0 Å². The summed E-state index contributed by atoms with van der Waals surface area (Å²) >= 11 is 6.94. The van der Waals surface area contributed by atoms with E-state index in [1.807, 2.05) is 0 Å². The van der Waals surface area contributed by atoms with Crippen molar-refractivity contribution in [1.82, 2.24) is 9.97 Å². The van der Waals surface area contributed by atoms with Gasteiger partial charge in [0.05, 0.1) is 16.7 Å². The van der Waals surface area contributed by atoms with Gasteiger partial charge in [-0.2, -0.15) is 0 Å². The highest BCUT2D eigenvalue weighted by atomic mass is 35.5. The first kappa shape index (κ1) is 13.8. The SMILES string of the molecule is Cc1c(C(=O)Nc2ccc(Cl)cc2)sc2c(=O)[nH]cnc12. The molecular formula is C14H10ClN3O2S. The Morgan fingerprint density at radius 1 is 1.33 bits per heavy atom. The Hall–Kier alpha value is -2.18. The summed E-state index contributed by atoms with van der Waals surface area (Å²) in [7, 11) is 0. The lowest BCUT2D eigenvalue weighted by atomic mass is 10.2. The summed E-state index contributed by atoms with van der Waals surface area (Å²) in [4.78, 5) is 31.2. The first-order valence-electron chi connectivity index (χ1n) is 6.10. The molecule has 0 fully saturated rings. The van der Waals surface area contributed by atoms with Crippen LogP contribution in [-0.4, -0.2) is 15.9 Å². The van der Waals surface area contributed by atoms with E-state index in [1.165, 1.54) is 6.33 Å². The highest BCUT2D eigenvalue weighted by Gasteiger charge is 2.18. The van der Waals surface area contributed by atoms with E-state index in [0.717, 1.165) is 11.3 Å². The average Bonchev–Trinajstić information content (AvgIpc) is 2.81. The van der Waals surface area contributed by atoms with E-state index in [1.54, 1.807) is 31.2 Å². The Bertz CT molecular complexity index is 883. The lowest BCUT2D eigenvalue weighted by molar-refractivity contribution is 0.103. The lowest BCUT2D eigenvalue weighted by Crippen LogP contribution is -2.11. The van der Waals surface area contributed by atoms with E-state index in [9.17, 15) is 9.59 Å². The minimum Gasteiger partial charge on any atom is -0.321 e. The molecule has 3 aromatic rings. The van der Waals surface area contributed by atoms with E-state index < -0.39 is 0 Å². The molecule has 0 aliphatic heterocycles. The maximum absolute atomic E-state index is 12.3. The normalized spacial score (nSPS) is 10.8. The van der Waals surface area contributed by atoms with E-state index in [-0.39, 0.29) is 11.5 Å². The molecule has 0 unspecified atom stereocenters. The molecule has 21 heavy (non-hydrogen) atoms. The molecule has 0 radical (unpaired) electrons. The van der Waals surface area contributed by atoms with Gasteiger partial charge in [-0.25, -0.2) is 4.98 Å². The van der Waals surface area contributed by atoms with E-state index in [4.69, 9.17) is 11.6 Å². The highest BCUT2D eigenvalue weighted by Crippen LogP contribution is 2.27. The fourth-order valence-corrected chi connectivity index (χ4v) is 3.15. The van der Waals surface area contributed by atoms with Gasteiger partial charge >= 0.3 is 0 Å². The molecule has 7 heteroatoms. The smallest absolute Gasteiger partial charge is 0.268 e. The van der Waals surface area contributed by atoms with Gasteiger partial charge in [0.15, 0.2) is 0 Å². The van der Waals surface area contributed by atoms with Gasteiger partial charge in [-0.3, -0.25) is 9.59 Å². The number of aromatic nitrogens is 2. The lowest BCUT2D eigenvalue weighted by Gasteiger charge is -2.04. The van der Waals surface area contributed by atoms with Crippen LogP contribution >= 0.6 is 22.9 Å². The molecule has 2 N–H and O–H groups in total. The van der Waals surface area contributed by atoms with Gasteiger partial charge in [-0.1, -0.05) is 11.6 Å². The summed E-state index contributed by atoms with van der Waals surface area (Å²) in [6, 6.07) is 6.82. The Morgan fingerprint density at radius 2 is 2.05 bits per heavy atom. The molecule has 0 atom stereocenters. The molecule has 0 bridgehead atoms. The van der Waals surface area contributed by atoms with Crippen molar-refractivity contribution in [3.63, 3.8) is 0 Å². The zero-order valence-electron chi connectivity index (χ0n) is 10.9. The third kappa shape index (κ3) is 2.55. The molecule has 0 saturated heterocycles. The molecular weight excluding hydrogens is 310 g/mol. The highest BCUT2D eigenvalue weighted by molar-refractivity contribution is 7.21. The number of amides is 1. The first-order chi connectivity index (χ1) is 10.1. The summed E-state index contributed by atoms with van der Waals surface area (Å²) in [6.07, 6.45) is 1.34. The largest absolute Gasteiger partial charge is 0.321 e. The second-order valence-corrected chi connectivity index (χ2v) is 5.88. The van der Waals surface area contributed by atoms with E-state index in [2.05, 4.69) is 15.3 Å². The molecule has 5 nitrogen and oxygen atoms in total. The first-order valence-corrected chi connectivity index (χ1v) is 7.29. The van der Waals surface area contributed by atoms with Gasteiger partial charge < -0.3 is 10.3 Å². The number of nitrogens with one attached hydrogen (secondary N) is 2. The molecule has 3 rings (SSSR count). The molecule has 106 valence electrons. The number of thiophene rings is 1. The number of benzene rings is 1. The van der Waals surface area contributed by atoms with Gasteiger partial charge in [0, 0.05) is 10.7 Å². The van der Waals surface area contributed by atoms with Crippen LogP contribution in [-0.2, 0) is 0 Å². The van der Waals surface area contributed by atoms with Crippen LogP contribution < -0.4 is 10.9 Å². The average molecular weight is 320 g/mol. The second-order valence-electron chi connectivity index (χ2n) is 4.43. The topological polar surface area (TPSA) is 74.8 Å². The van der Waals surface area contributed by atoms with Gasteiger partial charge in [-0.15, -0.1) is 11.3 Å². The van der Waals surface area contributed by atoms with Gasteiger partial charge in [0.2, 0.25) is 0 Å². The van der Waals surface area contributed by atoms with Crippen LogP contribution in [0.5, 0.6) is 0 Å². The van der Waals surface area contributed by atoms with E-state index in [0.29, 0.717) is 31.4 Å². The number of aromatic amines is 1. The number of nitrogens with zero attached hydrogens (tertiary/aromatic N) is 1. The minimum atomic E-state index is -0.266. The predicted octanol–water partition coefficient (Wildman–Crippen LogP) is 3.20. The maximum Gasteiger partial charge on any atom is 0.268 e. The van der Waals surface area contributed by atoms with Crippen molar-refractivity contribution < 1.29 is 4.79 Å². The summed E-state index contributed by atoms with van der Waals surface area (Å²) in [5, 5.41) is 3.38. The number of carbonyl (C=O) groups excluding carboxylic acids is 1. The third-order valence-electron chi connectivity index (χ3n) is 3.02. The molecule has 1 aromatic carbocycles. The van der Waals surface area contributed by atoms with Crippen LogP contribution in [0.1, 0.15) is 15.2 Å². The van der Waals surface area contributed by atoms with Crippen LogP contribution in [0.2, 0.25) is 5.02 Å². The van der Waals surface area contributed by atoms with Gasteiger partial charge in [0.1, 0.15) is 4.70 Å². The molecule has 0 saturated carbocycles. The summed E-state index contributed by atoms with van der Waals surface area (Å²) < 4.78 is 0.455. The van der Waals surface area contributed by atoms with Crippen molar-refractivity contribution in [2.45, 2.75) is 6.92 Å². The second kappa shape index (κ2) is 5.31. The number of hydrogen-bond acceptors (Lipinski definition) is 4. The third-order valence-corrected chi connectivity index (χ3v) is 4.55. The van der Waals surface area contributed by atoms with Crippen LogP contribution in [0, 0.1) is 6.92 Å². The minimum absolute atomic E-state index is 0.237. The van der Waals surface area contributed by atoms with Crippen LogP contribution in [0.25, 0.3) is 10.2 Å². The molecule has 2 heterocycles. The molecule has 2 aromatic heterocycles. The number of halogens is 1. The van der Waals surface area contributed by atoms with Crippen molar-refractivity contribution in [2.24, 2.45) is 0 Å². The number of carbonyl (C=O) groups is 1. The Labute approximate surface area is 128 Å². The molecule has 1 amide bonds. The number of aryl methyl sites for hydroxylation is 1. The number of H-pyrrole nitrogens is 1. The summed E-state index contributed by atoms with van der Waals surface area (Å²) in [6.45, 7) is 1.78. The fraction of sp³-hybridized carbons (Fsp3) is 0.0714. The van der Waals surface area contributed by atoms with Crippen molar-refractivity contribution >= 4 is 44.7 Å². The van der Waals surface area contributed by atoms with E-state index >= 15 is 0 Å². The Balaban J connectivity index is 1.98. The number of fused-ring (bicyclic) bond motifs is 1. The molecule has 0 aliphatic rings. The van der Waals surface area contributed by atoms with Gasteiger partial charge in [0.25, 0.3) is 11.5 Å². The van der Waals surface area contributed by atoms with Crippen molar-refractivity contribution in [3.05, 3.63) is 56.4 Å². The number of rotatable bonds is 2. The number of hydrogen-bond donors (Lipinski definition) is 2. The molecule has 0 aliphatic carbocycles. The standard InChI is InChI=1S/C14H10ClN3O2S/c1-7-10-12(13(19)17-6-16-10)21-11(7)14(20)18-9-4-2-8(15)3-5-9/h2-6H,1H3,(H,18,20)(H,16,17,19). The monoisotopic (exact) mass is 319 g/mol.